The number of carbonyl (C=O) groups excluding carboxylic acids is 1. The molecule has 1 aromatic carbocycles. The zero-order valence-electron chi connectivity index (χ0n) is 19.1. The number of nitrogens with zero attached hydrogens (tertiary/aromatic N) is 4. The van der Waals surface area contributed by atoms with Crippen LogP contribution in [0.15, 0.2) is 67.0 Å². The molecular formula is C27H32N4O. The van der Waals surface area contributed by atoms with E-state index < -0.39 is 0 Å². The van der Waals surface area contributed by atoms with Gasteiger partial charge >= 0.3 is 0 Å². The Labute approximate surface area is 191 Å². The molecule has 1 aliphatic heterocycles. The molecule has 4 rings (SSSR count). The van der Waals surface area contributed by atoms with Crippen LogP contribution in [0.3, 0.4) is 0 Å². The fourth-order valence-electron chi connectivity index (χ4n) is 4.48. The van der Waals surface area contributed by atoms with Crippen molar-refractivity contribution in [3.63, 3.8) is 0 Å². The van der Waals surface area contributed by atoms with Crippen LogP contribution in [0.1, 0.15) is 30.3 Å². The molecule has 166 valence electrons. The Balaban J connectivity index is 1.50. The van der Waals surface area contributed by atoms with E-state index in [2.05, 4.69) is 63.1 Å². The predicted molar refractivity (Wildman–Crippen MR) is 128 cm³/mol. The Morgan fingerprint density at radius 1 is 0.969 bits per heavy atom. The number of aromatic nitrogens is 2. The molecule has 0 radical (unpaired) electrons. The lowest BCUT2D eigenvalue weighted by Gasteiger charge is -2.24. The lowest BCUT2D eigenvalue weighted by atomic mass is 9.95. The molecule has 5 heteroatoms. The van der Waals surface area contributed by atoms with Crippen molar-refractivity contribution in [1.82, 2.24) is 19.8 Å². The van der Waals surface area contributed by atoms with Gasteiger partial charge in [-0.2, -0.15) is 0 Å². The Morgan fingerprint density at radius 2 is 1.72 bits per heavy atom. The Hall–Kier alpha value is -3.05. The topological polar surface area (TPSA) is 49.3 Å². The number of pyridine rings is 2. The third-order valence-electron chi connectivity index (χ3n) is 6.10. The first-order valence-corrected chi connectivity index (χ1v) is 11.6. The summed E-state index contributed by atoms with van der Waals surface area (Å²) in [7, 11) is 0. The smallest absolute Gasteiger partial charge is 0.227 e. The summed E-state index contributed by atoms with van der Waals surface area (Å²) in [6.45, 7) is 8.21. The highest BCUT2D eigenvalue weighted by Gasteiger charge is 2.30. The molecule has 0 spiro atoms. The highest BCUT2D eigenvalue weighted by molar-refractivity contribution is 5.79. The van der Waals surface area contributed by atoms with Gasteiger partial charge in [-0.15, -0.1) is 0 Å². The molecule has 1 unspecified atom stereocenters. The largest absolute Gasteiger partial charge is 0.341 e. The van der Waals surface area contributed by atoms with Gasteiger partial charge in [0.2, 0.25) is 5.91 Å². The predicted octanol–water partition coefficient (Wildman–Crippen LogP) is 4.37. The molecule has 32 heavy (non-hydrogen) atoms. The second-order valence-corrected chi connectivity index (χ2v) is 8.66. The average molecular weight is 429 g/mol. The van der Waals surface area contributed by atoms with Crippen molar-refractivity contribution in [2.75, 3.05) is 26.2 Å². The number of carbonyl (C=O) groups is 1. The van der Waals surface area contributed by atoms with Gasteiger partial charge in [-0.25, -0.2) is 0 Å². The van der Waals surface area contributed by atoms with Gasteiger partial charge in [-0.1, -0.05) is 37.3 Å². The minimum absolute atomic E-state index is 0.0411. The summed E-state index contributed by atoms with van der Waals surface area (Å²) in [5.74, 6) is 0.241. The van der Waals surface area contributed by atoms with Crippen LogP contribution >= 0.6 is 0 Å². The van der Waals surface area contributed by atoms with Crippen LogP contribution in [0.4, 0.5) is 0 Å². The third kappa shape index (κ3) is 5.60. The summed E-state index contributed by atoms with van der Waals surface area (Å²) in [5.41, 5.74) is 5.63. The van der Waals surface area contributed by atoms with E-state index >= 15 is 0 Å². The quantitative estimate of drug-likeness (QED) is 0.561. The zero-order chi connectivity index (χ0) is 22.3. The number of amides is 1. The lowest BCUT2D eigenvalue weighted by Crippen LogP contribution is -2.37. The van der Waals surface area contributed by atoms with E-state index in [1.807, 2.05) is 37.5 Å². The summed E-state index contributed by atoms with van der Waals surface area (Å²) in [5, 5.41) is 0. The number of hydrogen-bond donors (Lipinski definition) is 0. The van der Waals surface area contributed by atoms with Crippen LogP contribution in [0.25, 0.3) is 11.1 Å². The third-order valence-corrected chi connectivity index (χ3v) is 6.10. The van der Waals surface area contributed by atoms with Gasteiger partial charge in [0.25, 0.3) is 0 Å². The van der Waals surface area contributed by atoms with Crippen LogP contribution < -0.4 is 0 Å². The first kappa shape index (κ1) is 22.2. The van der Waals surface area contributed by atoms with Crippen molar-refractivity contribution in [1.29, 1.82) is 0 Å². The van der Waals surface area contributed by atoms with Crippen molar-refractivity contribution in [3.05, 3.63) is 83.9 Å². The minimum atomic E-state index is -0.0411. The van der Waals surface area contributed by atoms with Crippen molar-refractivity contribution < 1.29 is 4.79 Å². The van der Waals surface area contributed by atoms with E-state index in [1.54, 1.807) is 0 Å². The van der Waals surface area contributed by atoms with Gasteiger partial charge in [0.05, 0.1) is 11.6 Å². The van der Waals surface area contributed by atoms with Crippen molar-refractivity contribution >= 4 is 5.91 Å². The molecule has 1 aliphatic rings. The van der Waals surface area contributed by atoms with Gasteiger partial charge in [0.15, 0.2) is 0 Å². The van der Waals surface area contributed by atoms with E-state index in [-0.39, 0.29) is 11.8 Å². The van der Waals surface area contributed by atoms with Gasteiger partial charge in [-0.05, 0) is 60.7 Å². The Bertz CT molecular complexity index is 1020. The van der Waals surface area contributed by atoms with Crippen LogP contribution in [0.5, 0.6) is 0 Å². The van der Waals surface area contributed by atoms with Crippen LogP contribution in [-0.2, 0) is 17.8 Å². The molecule has 0 saturated carbocycles. The Kier molecular flexibility index (Phi) is 7.28. The van der Waals surface area contributed by atoms with Crippen LogP contribution in [0.2, 0.25) is 0 Å². The maximum atomic E-state index is 13.4. The molecule has 1 saturated heterocycles. The minimum Gasteiger partial charge on any atom is -0.341 e. The van der Waals surface area contributed by atoms with Crippen LogP contribution in [0, 0.1) is 12.8 Å². The van der Waals surface area contributed by atoms with Crippen molar-refractivity contribution in [2.24, 2.45) is 5.92 Å². The fraction of sp³-hybridized carbons (Fsp3) is 0.370. The first-order valence-electron chi connectivity index (χ1n) is 11.6. The van der Waals surface area contributed by atoms with Crippen molar-refractivity contribution in [3.8, 4) is 11.1 Å². The van der Waals surface area contributed by atoms with E-state index in [1.165, 1.54) is 11.1 Å². The number of hydrogen-bond acceptors (Lipinski definition) is 4. The lowest BCUT2D eigenvalue weighted by molar-refractivity contribution is -0.134. The van der Waals surface area contributed by atoms with Gasteiger partial charge in [0.1, 0.15) is 0 Å². The van der Waals surface area contributed by atoms with Gasteiger partial charge < -0.3 is 4.90 Å². The van der Waals surface area contributed by atoms with Gasteiger partial charge in [-0.3, -0.25) is 19.7 Å². The number of benzene rings is 1. The zero-order valence-corrected chi connectivity index (χ0v) is 19.1. The van der Waals surface area contributed by atoms with E-state index in [9.17, 15) is 4.79 Å². The van der Waals surface area contributed by atoms with E-state index in [0.717, 1.165) is 62.5 Å². The highest BCUT2D eigenvalue weighted by atomic mass is 16.2. The molecule has 1 atom stereocenters. The number of aryl methyl sites for hydroxylation is 1. The molecule has 5 nitrogen and oxygen atoms in total. The summed E-state index contributed by atoms with van der Waals surface area (Å²) < 4.78 is 0. The van der Waals surface area contributed by atoms with Gasteiger partial charge in [0, 0.05) is 50.8 Å². The highest BCUT2D eigenvalue weighted by Crippen LogP contribution is 2.22. The molecule has 3 heterocycles. The molecular weight excluding hydrogens is 396 g/mol. The molecule has 0 bridgehead atoms. The fourth-order valence-corrected chi connectivity index (χ4v) is 4.48. The molecule has 3 aromatic rings. The SMILES string of the molecule is CCCN1CCN(Cc2cccc(C)n2)CC(Cc2ccc(-c3ccncc3)cc2)C1=O. The summed E-state index contributed by atoms with van der Waals surface area (Å²) in [6, 6.07) is 18.8. The molecule has 0 aliphatic carbocycles. The molecule has 1 amide bonds. The van der Waals surface area contributed by atoms with Crippen molar-refractivity contribution in [2.45, 2.75) is 33.2 Å². The normalized spacial score (nSPS) is 17.4. The maximum Gasteiger partial charge on any atom is 0.227 e. The summed E-state index contributed by atoms with van der Waals surface area (Å²) in [4.78, 5) is 26.6. The van der Waals surface area contributed by atoms with Crippen LogP contribution in [-0.4, -0.2) is 51.9 Å². The number of rotatable bonds is 7. The maximum absolute atomic E-state index is 13.4. The second-order valence-electron chi connectivity index (χ2n) is 8.66. The molecule has 1 fully saturated rings. The average Bonchev–Trinajstić information content (AvgIpc) is 2.95. The summed E-state index contributed by atoms with van der Waals surface area (Å²) >= 11 is 0. The van der Waals surface area contributed by atoms with E-state index in [4.69, 9.17) is 0 Å². The standard InChI is InChI=1S/C27H32N4O/c1-3-15-31-17-16-30(20-26-6-4-5-21(2)29-26)19-25(27(31)32)18-22-7-9-23(10-8-22)24-11-13-28-14-12-24/h4-14,25H,3,15-20H2,1-2H3. The summed E-state index contributed by atoms with van der Waals surface area (Å²) in [6.07, 6.45) is 5.37. The first-order chi connectivity index (χ1) is 15.6. The Morgan fingerprint density at radius 3 is 2.44 bits per heavy atom. The molecule has 0 N–H and O–H groups in total. The second kappa shape index (κ2) is 10.5. The monoisotopic (exact) mass is 428 g/mol. The van der Waals surface area contributed by atoms with E-state index in [0.29, 0.717) is 0 Å². The molecule has 2 aromatic heterocycles.